The molecule has 1 atom stereocenters. The second kappa shape index (κ2) is 6.08. The zero-order valence-electron chi connectivity index (χ0n) is 11.4. The Morgan fingerprint density at radius 1 is 1.38 bits per heavy atom. The summed E-state index contributed by atoms with van der Waals surface area (Å²) in [4.78, 5) is 23.0. The highest BCUT2D eigenvalue weighted by Crippen LogP contribution is 2.19. The van der Waals surface area contributed by atoms with E-state index in [0.717, 1.165) is 0 Å². The van der Waals surface area contributed by atoms with Crippen LogP contribution in [-0.4, -0.2) is 22.1 Å². The topological polar surface area (TPSA) is 118 Å². The van der Waals surface area contributed by atoms with Crippen molar-refractivity contribution < 1.29 is 19.2 Å². The number of aliphatic carboxylic acids is 1. The third-order valence-electron chi connectivity index (χ3n) is 2.88. The lowest BCUT2D eigenvalue weighted by atomic mass is 10.0. The number of nitrogens with zero attached hydrogens (tertiary/aromatic N) is 1. The maximum absolute atomic E-state index is 12.0. The number of benzene rings is 1. The average Bonchev–Trinajstić information content (AvgIpc) is 2.85. The van der Waals surface area contributed by atoms with Gasteiger partial charge in [-0.3, -0.25) is 9.59 Å². The number of hydrogen-bond acceptors (Lipinski definition) is 5. The van der Waals surface area contributed by atoms with E-state index in [0.29, 0.717) is 17.0 Å². The minimum Gasteiger partial charge on any atom is -0.481 e. The number of nitrogens with two attached hydrogens (primary N) is 1. The summed E-state index contributed by atoms with van der Waals surface area (Å²) in [6.07, 6.45) is -0.244. The van der Waals surface area contributed by atoms with Gasteiger partial charge in [0, 0.05) is 11.8 Å². The van der Waals surface area contributed by atoms with Gasteiger partial charge in [0.25, 0.3) is 5.91 Å². The van der Waals surface area contributed by atoms with Crippen LogP contribution in [0, 0.1) is 6.92 Å². The lowest BCUT2D eigenvalue weighted by Crippen LogP contribution is -2.30. The smallest absolute Gasteiger partial charge is 0.305 e. The van der Waals surface area contributed by atoms with Crippen LogP contribution in [-0.2, 0) is 4.79 Å². The minimum atomic E-state index is -1.02. The van der Waals surface area contributed by atoms with Crippen LogP contribution in [0.2, 0.25) is 0 Å². The monoisotopic (exact) mass is 289 g/mol. The second-order valence-corrected chi connectivity index (χ2v) is 4.61. The second-order valence-electron chi connectivity index (χ2n) is 4.61. The number of nitrogen functional groups attached to an aromatic ring is 1. The number of aromatic nitrogens is 1. The van der Waals surface area contributed by atoms with Crippen LogP contribution in [0.1, 0.15) is 34.3 Å². The Hall–Kier alpha value is -2.83. The average molecular weight is 289 g/mol. The van der Waals surface area contributed by atoms with E-state index in [1.165, 1.54) is 6.07 Å². The van der Waals surface area contributed by atoms with Crippen molar-refractivity contribution in [1.82, 2.24) is 10.5 Å². The molecule has 2 aromatic rings. The van der Waals surface area contributed by atoms with Gasteiger partial charge in [-0.15, -0.1) is 0 Å². The SMILES string of the molecule is Cc1cc(C(=O)N[C@H](CC(=O)O)c2ccc(N)cc2)no1. The van der Waals surface area contributed by atoms with Crippen LogP contribution in [0.3, 0.4) is 0 Å². The number of carbonyl (C=O) groups excluding carboxylic acids is 1. The number of nitrogens with one attached hydrogen (secondary N) is 1. The van der Waals surface area contributed by atoms with Crippen molar-refractivity contribution >= 4 is 17.6 Å². The number of hydrogen-bond donors (Lipinski definition) is 3. The van der Waals surface area contributed by atoms with Crippen molar-refractivity contribution in [1.29, 1.82) is 0 Å². The highest BCUT2D eigenvalue weighted by Gasteiger charge is 2.20. The molecule has 0 bridgehead atoms. The first-order valence-corrected chi connectivity index (χ1v) is 6.27. The van der Waals surface area contributed by atoms with Crippen LogP contribution in [0.5, 0.6) is 0 Å². The van der Waals surface area contributed by atoms with Gasteiger partial charge in [0.2, 0.25) is 0 Å². The van der Waals surface area contributed by atoms with Crippen LogP contribution >= 0.6 is 0 Å². The molecule has 0 spiro atoms. The Bertz CT molecular complexity index is 648. The first kappa shape index (κ1) is 14.6. The first-order valence-electron chi connectivity index (χ1n) is 6.27. The van der Waals surface area contributed by atoms with Gasteiger partial charge in [0.05, 0.1) is 12.5 Å². The number of rotatable bonds is 5. The molecule has 110 valence electrons. The zero-order valence-corrected chi connectivity index (χ0v) is 11.4. The number of carbonyl (C=O) groups is 2. The molecule has 0 radical (unpaired) electrons. The summed E-state index contributed by atoms with van der Waals surface area (Å²) in [5, 5.41) is 15.2. The highest BCUT2D eigenvalue weighted by atomic mass is 16.5. The van der Waals surface area contributed by atoms with Crippen molar-refractivity contribution in [3.63, 3.8) is 0 Å². The number of carboxylic acid groups (broad SMARTS) is 1. The van der Waals surface area contributed by atoms with E-state index >= 15 is 0 Å². The normalized spacial score (nSPS) is 11.9. The molecule has 0 aliphatic rings. The Balaban J connectivity index is 2.18. The molecule has 0 aliphatic carbocycles. The predicted molar refractivity (Wildman–Crippen MR) is 74.6 cm³/mol. The summed E-state index contributed by atoms with van der Waals surface area (Å²) in [6.45, 7) is 1.67. The summed E-state index contributed by atoms with van der Waals surface area (Å²) < 4.78 is 4.83. The lowest BCUT2D eigenvalue weighted by molar-refractivity contribution is -0.137. The Morgan fingerprint density at radius 3 is 2.57 bits per heavy atom. The largest absolute Gasteiger partial charge is 0.481 e. The van der Waals surface area contributed by atoms with Gasteiger partial charge in [-0.05, 0) is 24.6 Å². The Morgan fingerprint density at radius 2 is 2.05 bits per heavy atom. The van der Waals surface area contributed by atoms with Gasteiger partial charge in [0.1, 0.15) is 5.76 Å². The Labute approximate surface area is 120 Å². The molecular weight excluding hydrogens is 274 g/mol. The number of carboxylic acids is 1. The fourth-order valence-corrected chi connectivity index (χ4v) is 1.86. The first-order chi connectivity index (χ1) is 9.95. The third-order valence-corrected chi connectivity index (χ3v) is 2.88. The van der Waals surface area contributed by atoms with Gasteiger partial charge < -0.3 is 20.7 Å². The maximum atomic E-state index is 12.0. The van der Waals surface area contributed by atoms with E-state index in [1.807, 2.05) is 0 Å². The van der Waals surface area contributed by atoms with Gasteiger partial charge in [-0.25, -0.2) is 0 Å². The molecule has 0 saturated heterocycles. The van der Waals surface area contributed by atoms with Crippen LogP contribution in [0.4, 0.5) is 5.69 Å². The fourth-order valence-electron chi connectivity index (χ4n) is 1.86. The van der Waals surface area contributed by atoms with Crippen molar-refractivity contribution in [2.75, 3.05) is 5.73 Å². The van der Waals surface area contributed by atoms with Crippen molar-refractivity contribution in [3.05, 3.63) is 47.3 Å². The quantitative estimate of drug-likeness (QED) is 0.718. The molecule has 7 heteroatoms. The van der Waals surface area contributed by atoms with Gasteiger partial charge >= 0.3 is 5.97 Å². The molecule has 1 amide bonds. The van der Waals surface area contributed by atoms with Crippen molar-refractivity contribution in [3.8, 4) is 0 Å². The molecule has 7 nitrogen and oxygen atoms in total. The summed E-state index contributed by atoms with van der Waals surface area (Å²) in [5.41, 5.74) is 6.92. The fraction of sp³-hybridized carbons (Fsp3) is 0.214. The number of aryl methyl sites for hydroxylation is 1. The lowest BCUT2D eigenvalue weighted by Gasteiger charge is -2.16. The van der Waals surface area contributed by atoms with Gasteiger partial charge in [-0.2, -0.15) is 0 Å². The molecule has 4 N–H and O–H groups in total. The number of anilines is 1. The molecule has 1 aromatic carbocycles. The summed E-state index contributed by atoms with van der Waals surface area (Å²) >= 11 is 0. The molecule has 21 heavy (non-hydrogen) atoms. The molecule has 0 saturated carbocycles. The van der Waals surface area contributed by atoms with Crippen LogP contribution < -0.4 is 11.1 Å². The van der Waals surface area contributed by atoms with Gasteiger partial charge in [-0.1, -0.05) is 17.3 Å². The predicted octanol–water partition coefficient (Wildman–Crippen LogP) is 1.51. The van der Waals surface area contributed by atoms with E-state index < -0.39 is 17.9 Å². The molecule has 0 fully saturated rings. The summed E-state index contributed by atoms with van der Waals surface area (Å²) in [7, 11) is 0. The van der Waals surface area contributed by atoms with E-state index in [1.54, 1.807) is 31.2 Å². The molecular formula is C14H15N3O4. The van der Waals surface area contributed by atoms with Crippen LogP contribution in [0.25, 0.3) is 0 Å². The van der Waals surface area contributed by atoms with E-state index in [-0.39, 0.29) is 12.1 Å². The van der Waals surface area contributed by atoms with Crippen molar-refractivity contribution in [2.24, 2.45) is 0 Å². The van der Waals surface area contributed by atoms with Gasteiger partial charge in [0.15, 0.2) is 5.69 Å². The molecule has 1 heterocycles. The molecule has 1 aromatic heterocycles. The highest BCUT2D eigenvalue weighted by molar-refractivity contribution is 5.92. The third kappa shape index (κ3) is 3.82. The maximum Gasteiger partial charge on any atom is 0.305 e. The van der Waals surface area contributed by atoms with Crippen molar-refractivity contribution in [2.45, 2.75) is 19.4 Å². The molecule has 0 unspecified atom stereocenters. The van der Waals surface area contributed by atoms with E-state index in [4.69, 9.17) is 15.4 Å². The molecule has 0 aliphatic heterocycles. The summed E-state index contributed by atoms with van der Waals surface area (Å²) in [5.74, 6) is -1.01. The zero-order chi connectivity index (χ0) is 15.4. The Kier molecular flexibility index (Phi) is 4.22. The molecule has 2 rings (SSSR count). The van der Waals surface area contributed by atoms with Crippen LogP contribution in [0.15, 0.2) is 34.9 Å². The minimum absolute atomic E-state index is 0.110. The summed E-state index contributed by atoms with van der Waals surface area (Å²) in [6, 6.07) is 7.46. The van der Waals surface area contributed by atoms with E-state index in [9.17, 15) is 9.59 Å². The van der Waals surface area contributed by atoms with E-state index in [2.05, 4.69) is 10.5 Å². The standard InChI is InChI=1S/C14H15N3O4/c1-8-6-12(17-21-8)14(20)16-11(7-13(18)19)9-2-4-10(15)5-3-9/h2-6,11H,7,15H2,1H3,(H,16,20)(H,18,19)/t11-/m1/s1. The number of amides is 1.